The van der Waals surface area contributed by atoms with Gasteiger partial charge >= 0.3 is 0 Å². The lowest BCUT2D eigenvalue weighted by molar-refractivity contribution is 0.244. The van der Waals surface area contributed by atoms with Gasteiger partial charge in [-0.2, -0.15) is 0 Å². The van der Waals surface area contributed by atoms with E-state index in [9.17, 15) is 0 Å². The molecule has 7 nitrogen and oxygen atoms in total. The maximum absolute atomic E-state index is 5.54. The van der Waals surface area contributed by atoms with Crippen molar-refractivity contribution in [1.82, 2.24) is 24.8 Å². The topological polar surface area (TPSA) is 71.2 Å². The molecule has 140 valence electrons. The molecule has 3 aromatic rings. The van der Waals surface area contributed by atoms with Crippen LogP contribution < -0.4 is 4.90 Å². The van der Waals surface area contributed by atoms with Gasteiger partial charge in [-0.1, -0.05) is 13.8 Å². The number of rotatable bonds is 5. The molecule has 0 spiro atoms. The SMILES string of the molecule is CC(C)c1ocnc1CN1CCN(c2nccc(-c3ccncc3)n2)CC1. The Kier molecular flexibility index (Phi) is 5.11. The minimum absolute atomic E-state index is 0.355. The second-order valence-corrected chi connectivity index (χ2v) is 7.06. The third-order valence-electron chi connectivity index (χ3n) is 4.84. The number of nitrogens with zero attached hydrogens (tertiary/aromatic N) is 6. The van der Waals surface area contributed by atoms with Crippen LogP contribution in [0.4, 0.5) is 5.95 Å². The average molecular weight is 364 g/mol. The summed E-state index contributed by atoms with van der Waals surface area (Å²) in [5, 5.41) is 0. The van der Waals surface area contributed by atoms with Crippen LogP contribution in [-0.4, -0.2) is 51.0 Å². The highest BCUT2D eigenvalue weighted by Crippen LogP contribution is 2.22. The lowest BCUT2D eigenvalue weighted by atomic mass is 10.1. The van der Waals surface area contributed by atoms with Crippen LogP contribution in [0.3, 0.4) is 0 Å². The molecule has 0 radical (unpaired) electrons. The Morgan fingerprint density at radius 3 is 2.52 bits per heavy atom. The monoisotopic (exact) mass is 364 g/mol. The number of oxazole rings is 1. The van der Waals surface area contributed by atoms with E-state index < -0.39 is 0 Å². The Morgan fingerprint density at radius 1 is 1.00 bits per heavy atom. The van der Waals surface area contributed by atoms with Crippen LogP contribution in [0.5, 0.6) is 0 Å². The lowest BCUT2D eigenvalue weighted by Crippen LogP contribution is -2.46. The predicted molar refractivity (Wildman–Crippen MR) is 103 cm³/mol. The van der Waals surface area contributed by atoms with E-state index in [1.807, 2.05) is 24.4 Å². The van der Waals surface area contributed by atoms with Gasteiger partial charge in [0.15, 0.2) is 6.39 Å². The summed E-state index contributed by atoms with van der Waals surface area (Å²) in [6.45, 7) is 8.80. The summed E-state index contributed by atoms with van der Waals surface area (Å²) in [4.78, 5) is 22.3. The first-order chi connectivity index (χ1) is 13.2. The largest absolute Gasteiger partial charge is 0.448 e. The molecule has 0 N–H and O–H groups in total. The van der Waals surface area contributed by atoms with Gasteiger partial charge in [-0.15, -0.1) is 0 Å². The molecule has 1 saturated heterocycles. The van der Waals surface area contributed by atoms with Crippen molar-refractivity contribution in [2.24, 2.45) is 0 Å². The zero-order valence-electron chi connectivity index (χ0n) is 15.7. The van der Waals surface area contributed by atoms with Gasteiger partial charge in [-0.3, -0.25) is 9.88 Å². The molecule has 7 heteroatoms. The summed E-state index contributed by atoms with van der Waals surface area (Å²) in [6.07, 6.45) is 6.95. The van der Waals surface area contributed by atoms with E-state index in [4.69, 9.17) is 9.40 Å². The summed E-state index contributed by atoms with van der Waals surface area (Å²) < 4.78 is 5.54. The smallest absolute Gasteiger partial charge is 0.225 e. The van der Waals surface area contributed by atoms with E-state index in [0.29, 0.717) is 5.92 Å². The van der Waals surface area contributed by atoms with Crippen molar-refractivity contribution in [3.63, 3.8) is 0 Å². The molecular weight excluding hydrogens is 340 g/mol. The number of pyridine rings is 1. The fraction of sp³-hybridized carbons (Fsp3) is 0.400. The summed E-state index contributed by atoms with van der Waals surface area (Å²) in [5.74, 6) is 2.13. The van der Waals surface area contributed by atoms with Crippen LogP contribution in [0.15, 0.2) is 47.6 Å². The molecule has 0 bridgehead atoms. The Morgan fingerprint density at radius 2 is 1.78 bits per heavy atom. The first-order valence-corrected chi connectivity index (χ1v) is 9.33. The van der Waals surface area contributed by atoms with Crippen molar-refractivity contribution >= 4 is 5.95 Å². The quantitative estimate of drug-likeness (QED) is 0.689. The minimum Gasteiger partial charge on any atom is -0.448 e. The number of piperazine rings is 1. The summed E-state index contributed by atoms with van der Waals surface area (Å²) in [5.41, 5.74) is 3.03. The fourth-order valence-corrected chi connectivity index (χ4v) is 3.37. The van der Waals surface area contributed by atoms with Crippen LogP contribution in [0, 0.1) is 0 Å². The Hall–Kier alpha value is -2.80. The highest BCUT2D eigenvalue weighted by molar-refractivity contribution is 5.59. The standard InChI is InChI=1S/C20H24N6O/c1-15(2)19-18(23-14-27-19)13-25-9-11-26(12-10-25)20-22-8-5-17(24-20)16-3-6-21-7-4-16/h3-8,14-15H,9-13H2,1-2H3. The van der Waals surface area contributed by atoms with E-state index in [1.165, 1.54) is 0 Å². The summed E-state index contributed by atoms with van der Waals surface area (Å²) in [6, 6.07) is 5.87. The van der Waals surface area contributed by atoms with Gasteiger partial charge in [-0.25, -0.2) is 15.0 Å². The normalized spacial score (nSPS) is 15.4. The second kappa shape index (κ2) is 7.84. The molecule has 0 aromatic carbocycles. The first kappa shape index (κ1) is 17.6. The molecule has 1 aliphatic heterocycles. The van der Waals surface area contributed by atoms with Gasteiger partial charge in [0.2, 0.25) is 5.95 Å². The van der Waals surface area contributed by atoms with E-state index in [2.05, 4.69) is 38.6 Å². The van der Waals surface area contributed by atoms with E-state index in [1.54, 1.807) is 18.8 Å². The third kappa shape index (κ3) is 3.98. The molecule has 0 unspecified atom stereocenters. The molecule has 1 aliphatic rings. The molecule has 0 aliphatic carbocycles. The molecule has 4 heterocycles. The molecule has 0 amide bonds. The van der Waals surface area contributed by atoms with E-state index in [-0.39, 0.29) is 0 Å². The molecule has 27 heavy (non-hydrogen) atoms. The number of aromatic nitrogens is 4. The predicted octanol–water partition coefficient (Wildman–Crippen LogP) is 2.97. The van der Waals surface area contributed by atoms with Crippen molar-refractivity contribution in [2.75, 3.05) is 31.1 Å². The van der Waals surface area contributed by atoms with E-state index in [0.717, 1.165) is 61.4 Å². The summed E-state index contributed by atoms with van der Waals surface area (Å²) >= 11 is 0. The second-order valence-electron chi connectivity index (χ2n) is 7.06. The van der Waals surface area contributed by atoms with Crippen molar-refractivity contribution in [3.8, 4) is 11.3 Å². The van der Waals surface area contributed by atoms with Crippen LogP contribution >= 0.6 is 0 Å². The number of anilines is 1. The van der Waals surface area contributed by atoms with Gasteiger partial charge in [0.25, 0.3) is 0 Å². The number of hydrogen-bond acceptors (Lipinski definition) is 7. The van der Waals surface area contributed by atoms with Gasteiger partial charge in [0, 0.05) is 62.8 Å². The van der Waals surface area contributed by atoms with Crippen LogP contribution in [-0.2, 0) is 6.54 Å². The van der Waals surface area contributed by atoms with Gasteiger partial charge in [-0.05, 0) is 18.2 Å². The third-order valence-corrected chi connectivity index (χ3v) is 4.84. The molecule has 4 rings (SSSR count). The highest BCUT2D eigenvalue weighted by Gasteiger charge is 2.22. The van der Waals surface area contributed by atoms with Crippen LogP contribution in [0.2, 0.25) is 0 Å². The Bertz CT molecular complexity index is 871. The Labute approximate surface area is 159 Å². The van der Waals surface area contributed by atoms with Crippen LogP contribution in [0.25, 0.3) is 11.3 Å². The van der Waals surface area contributed by atoms with Crippen molar-refractivity contribution in [3.05, 3.63) is 54.6 Å². The van der Waals surface area contributed by atoms with Crippen molar-refractivity contribution in [1.29, 1.82) is 0 Å². The summed E-state index contributed by atoms with van der Waals surface area (Å²) in [7, 11) is 0. The maximum Gasteiger partial charge on any atom is 0.225 e. The minimum atomic E-state index is 0.355. The van der Waals surface area contributed by atoms with Crippen molar-refractivity contribution in [2.45, 2.75) is 26.3 Å². The molecule has 3 aromatic heterocycles. The maximum atomic E-state index is 5.54. The van der Waals surface area contributed by atoms with Gasteiger partial charge in [0.1, 0.15) is 5.76 Å². The van der Waals surface area contributed by atoms with E-state index >= 15 is 0 Å². The fourth-order valence-electron chi connectivity index (χ4n) is 3.37. The zero-order chi connectivity index (χ0) is 18.6. The molecule has 1 fully saturated rings. The zero-order valence-corrected chi connectivity index (χ0v) is 15.7. The molecular formula is C20H24N6O. The van der Waals surface area contributed by atoms with Crippen LogP contribution in [0.1, 0.15) is 31.2 Å². The Balaban J connectivity index is 1.40. The van der Waals surface area contributed by atoms with Crippen molar-refractivity contribution < 1.29 is 4.42 Å². The molecule has 0 atom stereocenters. The lowest BCUT2D eigenvalue weighted by Gasteiger charge is -2.34. The number of hydrogen-bond donors (Lipinski definition) is 0. The average Bonchev–Trinajstić information content (AvgIpc) is 3.18. The highest BCUT2D eigenvalue weighted by atomic mass is 16.3. The van der Waals surface area contributed by atoms with Gasteiger partial charge < -0.3 is 9.32 Å². The van der Waals surface area contributed by atoms with Gasteiger partial charge in [0.05, 0.1) is 11.4 Å². The molecule has 0 saturated carbocycles. The first-order valence-electron chi connectivity index (χ1n) is 9.33.